The maximum Gasteiger partial charge on any atom is 0.166 e. The van der Waals surface area contributed by atoms with Gasteiger partial charge in [0, 0.05) is 29.4 Å². The van der Waals surface area contributed by atoms with Crippen LogP contribution in [-0.2, 0) is 5.41 Å². The molecule has 1 saturated heterocycles. The molecule has 3 aromatic rings. The van der Waals surface area contributed by atoms with Crippen molar-refractivity contribution in [2.75, 3.05) is 37.7 Å². The Morgan fingerprint density at radius 2 is 1.94 bits per heavy atom. The Balaban J connectivity index is 1.44. The second-order valence-corrected chi connectivity index (χ2v) is 9.12. The fourth-order valence-electron chi connectivity index (χ4n) is 4.89. The van der Waals surface area contributed by atoms with Crippen molar-refractivity contribution in [1.29, 1.82) is 0 Å². The van der Waals surface area contributed by atoms with Gasteiger partial charge in [0.1, 0.15) is 11.9 Å². The summed E-state index contributed by atoms with van der Waals surface area (Å²) in [6.45, 7) is 5.11. The third kappa shape index (κ3) is 3.79. The lowest BCUT2D eigenvalue weighted by Crippen LogP contribution is -2.42. The number of fused-ring (bicyclic) bond motifs is 2. The monoisotopic (exact) mass is 432 g/mol. The lowest BCUT2D eigenvalue weighted by atomic mass is 9.74. The highest BCUT2D eigenvalue weighted by Gasteiger charge is 2.40. The van der Waals surface area contributed by atoms with Crippen LogP contribution < -0.4 is 15.8 Å². The summed E-state index contributed by atoms with van der Waals surface area (Å²) in [4.78, 5) is 6.79. The molecule has 0 bridgehead atoms. The Hall–Kier alpha value is -3.12. The average molecular weight is 433 g/mol. The van der Waals surface area contributed by atoms with E-state index in [9.17, 15) is 4.39 Å². The zero-order chi connectivity index (χ0) is 22.3. The van der Waals surface area contributed by atoms with E-state index in [-0.39, 0.29) is 17.3 Å². The highest BCUT2D eigenvalue weighted by atomic mass is 19.1. The number of nitrogens with zero attached hydrogens (tertiary/aromatic N) is 2. The average Bonchev–Trinajstić information content (AvgIpc) is 3.15. The number of benzene rings is 2. The number of halogens is 1. The molecule has 2 aliphatic rings. The van der Waals surface area contributed by atoms with Crippen LogP contribution in [0.5, 0.6) is 5.75 Å². The Kier molecular flexibility index (Phi) is 5.25. The number of piperidine rings is 1. The Labute approximate surface area is 188 Å². The number of anilines is 2. The van der Waals surface area contributed by atoms with Gasteiger partial charge in [-0.15, -0.1) is 0 Å². The van der Waals surface area contributed by atoms with Crippen molar-refractivity contribution in [3.8, 4) is 16.9 Å². The first-order valence-corrected chi connectivity index (χ1v) is 11.2. The quantitative estimate of drug-likeness (QED) is 0.608. The van der Waals surface area contributed by atoms with E-state index < -0.39 is 0 Å². The minimum Gasteiger partial charge on any atom is -0.482 e. The van der Waals surface area contributed by atoms with Crippen molar-refractivity contribution in [3.05, 3.63) is 71.7 Å². The SMILES string of the molecule is C[C@@H](Oc1cc(-c2ccc3c(c2)C2(CCN(C)CC2)CN3)cnc1N)c1cccc(F)c1. The highest BCUT2D eigenvalue weighted by molar-refractivity contribution is 5.73. The molecule has 166 valence electrons. The fraction of sp³-hybridized carbons (Fsp3) is 0.346. The van der Waals surface area contributed by atoms with Gasteiger partial charge < -0.3 is 20.7 Å². The van der Waals surface area contributed by atoms with Gasteiger partial charge in [-0.25, -0.2) is 9.37 Å². The number of nitrogens with two attached hydrogens (primary N) is 1. The second-order valence-electron chi connectivity index (χ2n) is 9.12. The summed E-state index contributed by atoms with van der Waals surface area (Å²) < 4.78 is 19.7. The van der Waals surface area contributed by atoms with Gasteiger partial charge in [0.25, 0.3) is 0 Å². The Morgan fingerprint density at radius 3 is 2.72 bits per heavy atom. The minimum atomic E-state index is -0.350. The molecule has 1 spiro atoms. The number of rotatable bonds is 4. The number of pyridine rings is 1. The number of hydrogen-bond acceptors (Lipinski definition) is 5. The molecule has 3 N–H and O–H groups in total. The topological polar surface area (TPSA) is 63.4 Å². The molecule has 1 aromatic heterocycles. The van der Waals surface area contributed by atoms with Gasteiger partial charge in [-0.1, -0.05) is 18.2 Å². The fourth-order valence-corrected chi connectivity index (χ4v) is 4.89. The second kappa shape index (κ2) is 8.10. The number of nitrogens with one attached hydrogen (secondary N) is 1. The predicted molar refractivity (Wildman–Crippen MR) is 126 cm³/mol. The van der Waals surface area contributed by atoms with Gasteiger partial charge in [-0.2, -0.15) is 0 Å². The van der Waals surface area contributed by atoms with Gasteiger partial charge in [-0.3, -0.25) is 0 Å². The summed E-state index contributed by atoms with van der Waals surface area (Å²) in [6, 6.07) is 14.9. The molecule has 5 nitrogen and oxygen atoms in total. The van der Waals surface area contributed by atoms with Gasteiger partial charge >= 0.3 is 0 Å². The molecular formula is C26H29FN4O. The maximum absolute atomic E-state index is 13.6. The van der Waals surface area contributed by atoms with Crippen LogP contribution >= 0.6 is 0 Å². The van der Waals surface area contributed by atoms with E-state index in [1.165, 1.54) is 23.4 Å². The Morgan fingerprint density at radius 1 is 1.12 bits per heavy atom. The molecule has 0 amide bonds. The molecule has 0 saturated carbocycles. The van der Waals surface area contributed by atoms with Crippen molar-refractivity contribution in [2.24, 2.45) is 0 Å². The third-order valence-electron chi connectivity index (χ3n) is 6.99. The van der Waals surface area contributed by atoms with Crippen molar-refractivity contribution in [2.45, 2.75) is 31.3 Å². The standard InChI is InChI=1S/C26H29FN4O/c1-17(18-4-3-5-21(27)12-18)32-24-14-20(15-29-25(24)28)19-6-7-23-22(13-19)26(16-30-23)8-10-31(2)11-9-26/h3-7,12-15,17,30H,8-11,16H2,1-2H3,(H2,28,29)/t17-/m1/s1. The van der Waals surface area contributed by atoms with Crippen molar-refractivity contribution >= 4 is 11.5 Å². The highest BCUT2D eigenvalue weighted by Crippen LogP contribution is 2.45. The van der Waals surface area contributed by atoms with Crippen LogP contribution in [0.1, 0.15) is 37.0 Å². The first-order chi connectivity index (χ1) is 15.4. The van der Waals surface area contributed by atoms with Gasteiger partial charge in [0.05, 0.1) is 0 Å². The summed E-state index contributed by atoms with van der Waals surface area (Å²) in [5, 5.41) is 3.61. The van der Waals surface area contributed by atoms with E-state index >= 15 is 0 Å². The number of hydrogen-bond donors (Lipinski definition) is 2. The van der Waals surface area contributed by atoms with Crippen LogP contribution in [0.15, 0.2) is 54.7 Å². The van der Waals surface area contributed by atoms with Crippen molar-refractivity contribution in [3.63, 3.8) is 0 Å². The molecule has 2 aliphatic heterocycles. The smallest absolute Gasteiger partial charge is 0.166 e. The largest absolute Gasteiger partial charge is 0.482 e. The van der Waals surface area contributed by atoms with Crippen LogP contribution in [0.25, 0.3) is 11.1 Å². The van der Waals surface area contributed by atoms with Crippen molar-refractivity contribution < 1.29 is 9.13 Å². The molecule has 6 heteroatoms. The predicted octanol–water partition coefficient (Wildman–Crippen LogP) is 5.00. The van der Waals surface area contributed by atoms with Gasteiger partial charge in [0.15, 0.2) is 11.6 Å². The molecule has 5 rings (SSSR count). The van der Waals surface area contributed by atoms with Crippen LogP contribution in [0, 0.1) is 5.82 Å². The van der Waals surface area contributed by atoms with E-state index in [1.54, 1.807) is 12.3 Å². The number of aromatic nitrogens is 1. The third-order valence-corrected chi connectivity index (χ3v) is 6.99. The van der Waals surface area contributed by atoms with Crippen LogP contribution in [0.2, 0.25) is 0 Å². The van der Waals surface area contributed by atoms with Gasteiger partial charge in [0.2, 0.25) is 0 Å². The summed E-state index contributed by atoms with van der Waals surface area (Å²) in [6.07, 6.45) is 3.76. The van der Waals surface area contributed by atoms with E-state index in [2.05, 4.69) is 40.4 Å². The first kappa shape index (κ1) is 20.8. The first-order valence-electron chi connectivity index (χ1n) is 11.2. The lowest BCUT2D eigenvalue weighted by Gasteiger charge is -2.38. The van der Waals surface area contributed by atoms with E-state index in [0.717, 1.165) is 49.2 Å². The molecular weight excluding hydrogens is 403 g/mol. The summed E-state index contributed by atoms with van der Waals surface area (Å²) in [5.74, 6) is 0.547. The van der Waals surface area contributed by atoms with Crippen molar-refractivity contribution in [1.82, 2.24) is 9.88 Å². The van der Waals surface area contributed by atoms with E-state index in [0.29, 0.717) is 11.6 Å². The zero-order valence-electron chi connectivity index (χ0n) is 18.6. The van der Waals surface area contributed by atoms with E-state index in [4.69, 9.17) is 10.5 Å². The molecule has 1 fully saturated rings. The van der Waals surface area contributed by atoms with Crippen LogP contribution in [0.4, 0.5) is 15.9 Å². The summed E-state index contributed by atoms with van der Waals surface area (Å²) in [7, 11) is 2.19. The molecule has 32 heavy (non-hydrogen) atoms. The van der Waals surface area contributed by atoms with Crippen LogP contribution in [0.3, 0.4) is 0 Å². The summed E-state index contributed by atoms with van der Waals surface area (Å²) in [5.41, 5.74) is 11.8. The lowest BCUT2D eigenvalue weighted by molar-refractivity contribution is 0.200. The van der Waals surface area contributed by atoms with Crippen LogP contribution in [-0.4, -0.2) is 36.6 Å². The summed E-state index contributed by atoms with van der Waals surface area (Å²) >= 11 is 0. The molecule has 0 unspecified atom stereocenters. The molecule has 0 radical (unpaired) electrons. The molecule has 1 atom stereocenters. The number of ether oxygens (including phenoxy) is 1. The molecule has 2 aromatic carbocycles. The van der Waals surface area contributed by atoms with Gasteiger partial charge in [-0.05, 0) is 86.9 Å². The van der Waals surface area contributed by atoms with E-state index in [1.807, 2.05) is 19.1 Å². The molecule has 3 heterocycles. The normalized spacial score (nSPS) is 18.2. The zero-order valence-corrected chi connectivity index (χ0v) is 18.6. The number of nitrogen functional groups attached to an aromatic ring is 1. The minimum absolute atomic E-state index is 0.199. The molecule has 0 aliphatic carbocycles. The number of likely N-dealkylation sites (tertiary alicyclic amines) is 1. The maximum atomic E-state index is 13.6. The Bertz CT molecular complexity index is 1140.